The monoisotopic (exact) mass is 312 g/mol. The maximum absolute atomic E-state index is 13.1. The van der Waals surface area contributed by atoms with Crippen molar-refractivity contribution in [3.63, 3.8) is 0 Å². The highest BCUT2D eigenvalue weighted by atomic mass is 16.1. The number of fused-ring (bicyclic) bond motifs is 4. The highest BCUT2D eigenvalue weighted by molar-refractivity contribution is 6.05. The number of rotatable bonds is 3. The molecule has 4 rings (SSSR count). The molecule has 122 valence electrons. The number of piperidine rings is 1. The van der Waals surface area contributed by atoms with E-state index in [4.69, 9.17) is 5.73 Å². The van der Waals surface area contributed by atoms with Crippen molar-refractivity contribution in [1.82, 2.24) is 4.90 Å². The molecule has 1 aliphatic heterocycles. The zero-order chi connectivity index (χ0) is 16.4. The predicted molar refractivity (Wildman–Crippen MR) is 88.5 cm³/mol. The van der Waals surface area contributed by atoms with Gasteiger partial charge in [-0.1, -0.05) is 19.9 Å². The zero-order valence-corrected chi connectivity index (χ0v) is 13.8. The molecular weight excluding hydrogens is 288 g/mol. The van der Waals surface area contributed by atoms with Crippen LogP contribution in [0.2, 0.25) is 0 Å². The molecule has 1 unspecified atom stereocenters. The standard InChI is InChI=1S/C19H24N2O2/c1-11-16-17(22)14-6-5-13(18(20)23)9-15(14)19(11,2)7-8-21(16)10-12-3-4-12/h5-6,9,11-12,16H,3-4,7-8,10H2,1-2H3,(H2,20,23)/t11-,16?,19+/m0/s1. The molecule has 4 nitrogen and oxygen atoms in total. The highest BCUT2D eigenvalue weighted by Crippen LogP contribution is 2.49. The van der Waals surface area contributed by atoms with Crippen LogP contribution in [0.25, 0.3) is 0 Å². The van der Waals surface area contributed by atoms with Crippen molar-refractivity contribution in [2.24, 2.45) is 17.6 Å². The van der Waals surface area contributed by atoms with E-state index in [1.807, 2.05) is 12.1 Å². The molecule has 1 amide bonds. The van der Waals surface area contributed by atoms with Crippen LogP contribution in [0.5, 0.6) is 0 Å². The molecule has 3 atom stereocenters. The lowest BCUT2D eigenvalue weighted by atomic mass is 9.58. The first-order valence-electron chi connectivity index (χ1n) is 8.64. The number of carbonyl (C=O) groups is 2. The van der Waals surface area contributed by atoms with Gasteiger partial charge in [0.05, 0.1) is 6.04 Å². The molecule has 2 fully saturated rings. The second-order valence-corrected chi connectivity index (χ2v) is 7.83. The van der Waals surface area contributed by atoms with Gasteiger partial charge in [0.25, 0.3) is 0 Å². The van der Waals surface area contributed by atoms with E-state index in [-0.39, 0.29) is 23.2 Å². The average molecular weight is 312 g/mol. The van der Waals surface area contributed by atoms with Gasteiger partial charge in [-0.3, -0.25) is 14.5 Å². The van der Waals surface area contributed by atoms with Crippen molar-refractivity contribution in [2.45, 2.75) is 44.6 Å². The molecule has 2 bridgehead atoms. The van der Waals surface area contributed by atoms with Crippen LogP contribution in [-0.4, -0.2) is 35.7 Å². The molecule has 0 radical (unpaired) electrons. The molecule has 0 spiro atoms. The quantitative estimate of drug-likeness (QED) is 0.932. The summed E-state index contributed by atoms with van der Waals surface area (Å²) < 4.78 is 0. The molecule has 0 aromatic heterocycles. The molecule has 3 aliphatic rings. The third-order valence-electron chi connectivity index (χ3n) is 6.43. The molecule has 2 aliphatic carbocycles. The summed E-state index contributed by atoms with van der Waals surface area (Å²) in [5.74, 6) is 0.849. The number of hydrogen-bond donors (Lipinski definition) is 1. The van der Waals surface area contributed by atoms with Gasteiger partial charge in [0.2, 0.25) is 5.91 Å². The molecule has 1 aromatic carbocycles. The van der Waals surface area contributed by atoms with Gasteiger partial charge >= 0.3 is 0 Å². The Hall–Kier alpha value is -1.68. The molecule has 1 heterocycles. The summed E-state index contributed by atoms with van der Waals surface area (Å²) in [6.07, 6.45) is 3.64. The molecule has 2 N–H and O–H groups in total. The van der Waals surface area contributed by atoms with E-state index >= 15 is 0 Å². The fraction of sp³-hybridized carbons (Fsp3) is 0.579. The van der Waals surface area contributed by atoms with Crippen LogP contribution >= 0.6 is 0 Å². The second-order valence-electron chi connectivity index (χ2n) is 7.83. The summed E-state index contributed by atoms with van der Waals surface area (Å²) in [6.45, 7) is 6.47. The van der Waals surface area contributed by atoms with Gasteiger partial charge in [0, 0.05) is 17.7 Å². The summed E-state index contributed by atoms with van der Waals surface area (Å²) in [6, 6.07) is 5.36. The Kier molecular flexibility index (Phi) is 3.17. The number of hydrogen-bond acceptors (Lipinski definition) is 3. The van der Waals surface area contributed by atoms with E-state index in [0.29, 0.717) is 5.56 Å². The third kappa shape index (κ3) is 2.15. The first-order chi connectivity index (χ1) is 10.9. The topological polar surface area (TPSA) is 63.4 Å². The fourth-order valence-electron chi connectivity index (χ4n) is 4.56. The van der Waals surface area contributed by atoms with Crippen molar-refractivity contribution >= 4 is 11.7 Å². The lowest BCUT2D eigenvalue weighted by Crippen LogP contribution is -2.61. The molecular formula is C19H24N2O2. The number of carbonyl (C=O) groups excluding carboxylic acids is 2. The average Bonchev–Trinajstić information content (AvgIpc) is 3.33. The molecule has 1 saturated heterocycles. The Labute approximate surface area is 137 Å². The van der Waals surface area contributed by atoms with Gasteiger partial charge in [-0.25, -0.2) is 0 Å². The minimum Gasteiger partial charge on any atom is -0.366 e. The smallest absolute Gasteiger partial charge is 0.248 e. The lowest BCUT2D eigenvalue weighted by Gasteiger charge is -2.53. The van der Waals surface area contributed by atoms with Crippen molar-refractivity contribution in [3.05, 3.63) is 34.9 Å². The van der Waals surface area contributed by atoms with Gasteiger partial charge in [-0.2, -0.15) is 0 Å². The van der Waals surface area contributed by atoms with Gasteiger partial charge in [-0.15, -0.1) is 0 Å². The third-order valence-corrected chi connectivity index (χ3v) is 6.43. The van der Waals surface area contributed by atoms with Gasteiger partial charge in [-0.05, 0) is 60.8 Å². The SMILES string of the molecule is C[C@H]1C2C(=O)c3ccc(C(N)=O)cc3[C@]1(C)CCN2CC1CC1. The molecule has 1 aromatic rings. The van der Waals surface area contributed by atoms with Crippen LogP contribution in [0.3, 0.4) is 0 Å². The van der Waals surface area contributed by atoms with E-state index in [0.717, 1.165) is 36.6 Å². The first-order valence-corrected chi connectivity index (χ1v) is 8.64. The Morgan fingerprint density at radius 2 is 2.13 bits per heavy atom. The van der Waals surface area contributed by atoms with Crippen LogP contribution in [0.15, 0.2) is 18.2 Å². The van der Waals surface area contributed by atoms with Crippen LogP contribution in [0.1, 0.15) is 59.4 Å². The zero-order valence-electron chi connectivity index (χ0n) is 13.8. The Morgan fingerprint density at radius 1 is 1.39 bits per heavy atom. The number of ketones is 1. The number of Topliss-reactive ketones (excluding diaryl/α,β-unsaturated/α-hetero) is 1. The Balaban J connectivity index is 1.79. The van der Waals surface area contributed by atoms with Crippen molar-refractivity contribution in [1.29, 1.82) is 0 Å². The van der Waals surface area contributed by atoms with Crippen molar-refractivity contribution < 1.29 is 9.59 Å². The normalized spacial score (nSPS) is 33.4. The van der Waals surface area contributed by atoms with Crippen molar-refractivity contribution in [3.8, 4) is 0 Å². The number of benzene rings is 1. The van der Waals surface area contributed by atoms with Crippen LogP contribution < -0.4 is 5.73 Å². The van der Waals surface area contributed by atoms with Gasteiger partial charge in [0.15, 0.2) is 5.78 Å². The van der Waals surface area contributed by atoms with E-state index < -0.39 is 5.91 Å². The summed E-state index contributed by atoms with van der Waals surface area (Å²) in [4.78, 5) is 27.1. The maximum Gasteiger partial charge on any atom is 0.248 e. The minimum absolute atomic E-state index is 0.0127. The first kappa shape index (κ1) is 14.9. The summed E-state index contributed by atoms with van der Waals surface area (Å²) in [7, 11) is 0. The van der Waals surface area contributed by atoms with E-state index in [9.17, 15) is 9.59 Å². The Bertz CT molecular complexity index is 695. The summed E-state index contributed by atoms with van der Waals surface area (Å²) in [5, 5.41) is 0. The number of primary amides is 1. The fourth-order valence-corrected chi connectivity index (χ4v) is 4.56. The maximum atomic E-state index is 13.1. The lowest BCUT2D eigenvalue weighted by molar-refractivity contribution is 0.0265. The predicted octanol–water partition coefficient (Wildman–Crippen LogP) is 2.36. The van der Waals surface area contributed by atoms with E-state index in [1.54, 1.807) is 6.07 Å². The van der Waals surface area contributed by atoms with Crippen LogP contribution in [-0.2, 0) is 5.41 Å². The molecule has 23 heavy (non-hydrogen) atoms. The largest absolute Gasteiger partial charge is 0.366 e. The van der Waals surface area contributed by atoms with Crippen molar-refractivity contribution in [2.75, 3.05) is 13.1 Å². The van der Waals surface area contributed by atoms with Gasteiger partial charge < -0.3 is 5.73 Å². The number of likely N-dealkylation sites (tertiary alicyclic amines) is 1. The summed E-state index contributed by atoms with van der Waals surface area (Å²) in [5.41, 5.74) is 7.70. The molecule has 4 heteroatoms. The van der Waals surface area contributed by atoms with Crippen LogP contribution in [0, 0.1) is 11.8 Å². The van der Waals surface area contributed by atoms with Crippen LogP contribution in [0.4, 0.5) is 0 Å². The van der Waals surface area contributed by atoms with E-state index in [2.05, 4.69) is 18.7 Å². The minimum atomic E-state index is -0.426. The number of nitrogens with two attached hydrogens (primary N) is 1. The number of amides is 1. The summed E-state index contributed by atoms with van der Waals surface area (Å²) >= 11 is 0. The number of nitrogens with zero attached hydrogens (tertiary/aromatic N) is 1. The van der Waals surface area contributed by atoms with Gasteiger partial charge in [0.1, 0.15) is 0 Å². The highest BCUT2D eigenvalue weighted by Gasteiger charge is 2.52. The van der Waals surface area contributed by atoms with E-state index in [1.165, 1.54) is 12.8 Å². The Morgan fingerprint density at radius 3 is 2.78 bits per heavy atom. The second kappa shape index (κ2) is 4.91. The molecule has 1 saturated carbocycles.